The van der Waals surface area contributed by atoms with E-state index in [4.69, 9.17) is 11.6 Å². The number of tetrazole rings is 1. The molecule has 6 nitrogen and oxygen atoms in total. The standard InChI is InChI=1S/C17H16ClN5OS/c1-23-17(20-21-22-23)25-11-15(24)19-16(12-5-3-2-4-6-12)13-7-9-14(18)10-8-13/h2-10,16H,11H2,1H3,(H,19,24)/t16-/m0/s1. The SMILES string of the molecule is Cn1nnnc1SCC(=O)N[C@@H](c1ccccc1)c1ccc(Cl)cc1. The van der Waals surface area contributed by atoms with E-state index < -0.39 is 0 Å². The fourth-order valence-electron chi connectivity index (χ4n) is 2.34. The minimum atomic E-state index is -0.246. The van der Waals surface area contributed by atoms with Gasteiger partial charge in [-0.2, -0.15) is 0 Å². The third-order valence-corrected chi connectivity index (χ3v) is 4.82. The van der Waals surface area contributed by atoms with Crippen LogP contribution in [-0.4, -0.2) is 31.9 Å². The second kappa shape index (κ2) is 8.13. The predicted octanol–water partition coefficient (Wildman–Crippen LogP) is 2.86. The molecule has 1 atom stereocenters. The highest BCUT2D eigenvalue weighted by Gasteiger charge is 2.17. The molecule has 3 aromatic rings. The van der Waals surface area contributed by atoms with Gasteiger partial charge in [-0.05, 0) is 33.7 Å². The number of thioether (sulfide) groups is 1. The zero-order valence-electron chi connectivity index (χ0n) is 13.5. The average molecular weight is 374 g/mol. The maximum absolute atomic E-state index is 12.4. The van der Waals surface area contributed by atoms with Crippen LogP contribution in [0.1, 0.15) is 17.2 Å². The van der Waals surface area contributed by atoms with Gasteiger partial charge in [0.2, 0.25) is 11.1 Å². The number of halogens is 1. The largest absolute Gasteiger partial charge is 0.344 e. The van der Waals surface area contributed by atoms with Crippen molar-refractivity contribution in [3.05, 3.63) is 70.7 Å². The minimum Gasteiger partial charge on any atom is -0.344 e. The van der Waals surface area contributed by atoms with Crippen molar-refractivity contribution >= 4 is 29.3 Å². The molecule has 25 heavy (non-hydrogen) atoms. The van der Waals surface area contributed by atoms with Crippen LogP contribution < -0.4 is 5.32 Å². The second-order valence-electron chi connectivity index (χ2n) is 5.34. The van der Waals surface area contributed by atoms with E-state index in [2.05, 4.69) is 20.8 Å². The van der Waals surface area contributed by atoms with Crippen molar-refractivity contribution < 1.29 is 4.79 Å². The van der Waals surface area contributed by atoms with E-state index in [-0.39, 0.29) is 17.7 Å². The molecule has 1 heterocycles. The van der Waals surface area contributed by atoms with Gasteiger partial charge in [0.15, 0.2) is 0 Å². The molecule has 0 unspecified atom stereocenters. The Labute approximate surface area is 154 Å². The normalized spacial score (nSPS) is 11.9. The van der Waals surface area contributed by atoms with E-state index in [0.717, 1.165) is 11.1 Å². The molecule has 1 N–H and O–H groups in total. The summed E-state index contributed by atoms with van der Waals surface area (Å²) in [4.78, 5) is 12.4. The number of nitrogens with one attached hydrogen (secondary N) is 1. The highest BCUT2D eigenvalue weighted by molar-refractivity contribution is 7.99. The summed E-state index contributed by atoms with van der Waals surface area (Å²) in [6, 6.07) is 17.0. The molecule has 1 amide bonds. The number of hydrogen-bond donors (Lipinski definition) is 1. The number of aromatic nitrogens is 4. The van der Waals surface area contributed by atoms with Gasteiger partial charge < -0.3 is 5.32 Å². The second-order valence-corrected chi connectivity index (χ2v) is 6.72. The Balaban J connectivity index is 1.74. The van der Waals surface area contributed by atoms with Gasteiger partial charge in [-0.15, -0.1) is 5.10 Å². The average Bonchev–Trinajstić information content (AvgIpc) is 3.04. The fraction of sp³-hybridized carbons (Fsp3) is 0.176. The van der Waals surface area contributed by atoms with Crippen LogP contribution in [0, 0.1) is 0 Å². The van der Waals surface area contributed by atoms with Crippen LogP contribution in [0.4, 0.5) is 0 Å². The molecule has 0 aliphatic carbocycles. The van der Waals surface area contributed by atoms with Gasteiger partial charge in [-0.1, -0.05) is 65.8 Å². The molecular formula is C17H16ClN5OS. The van der Waals surface area contributed by atoms with Gasteiger partial charge in [0.1, 0.15) is 0 Å². The van der Waals surface area contributed by atoms with Gasteiger partial charge in [0.05, 0.1) is 11.8 Å². The van der Waals surface area contributed by atoms with Gasteiger partial charge >= 0.3 is 0 Å². The number of benzene rings is 2. The summed E-state index contributed by atoms with van der Waals surface area (Å²) in [6.07, 6.45) is 0. The first-order valence-electron chi connectivity index (χ1n) is 7.58. The quantitative estimate of drug-likeness (QED) is 0.672. The van der Waals surface area contributed by atoms with Crippen molar-refractivity contribution in [1.82, 2.24) is 25.5 Å². The lowest BCUT2D eigenvalue weighted by atomic mass is 9.99. The summed E-state index contributed by atoms with van der Waals surface area (Å²) in [5, 5.41) is 15.5. The number of aryl methyl sites for hydroxylation is 1. The zero-order valence-corrected chi connectivity index (χ0v) is 15.0. The lowest BCUT2D eigenvalue weighted by Crippen LogP contribution is -2.30. The molecule has 0 fully saturated rings. The Hall–Kier alpha value is -2.38. The summed E-state index contributed by atoms with van der Waals surface area (Å²) in [6.45, 7) is 0. The van der Waals surface area contributed by atoms with Crippen LogP contribution in [0.2, 0.25) is 5.02 Å². The van der Waals surface area contributed by atoms with Crippen molar-refractivity contribution in [2.75, 3.05) is 5.75 Å². The van der Waals surface area contributed by atoms with Crippen LogP contribution in [-0.2, 0) is 11.8 Å². The molecule has 0 aliphatic rings. The molecule has 3 rings (SSSR count). The number of nitrogens with zero attached hydrogens (tertiary/aromatic N) is 4. The Morgan fingerprint density at radius 3 is 2.48 bits per heavy atom. The van der Waals surface area contributed by atoms with Gasteiger partial charge in [0, 0.05) is 12.1 Å². The summed E-state index contributed by atoms with van der Waals surface area (Å²) in [5.41, 5.74) is 1.97. The van der Waals surface area contributed by atoms with E-state index in [1.165, 1.54) is 16.4 Å². The molecule has 0 saturated carbocycles. The molecular weight excluding hydrogens is 358 g/mol. The third kappa shape index (κ3) is 4.58. The van der Waals surface area contributed by atoms with Gasteiger partial charge in [0.25, 0.3) is 0 Å². The Morgan fingerprint density at radius 1 is 1.16 bits per heavy atom. The Kier molecular flexibility index (Phi) is 5.67. The van der Waals surface area contributed by atoms with Crippen molar-refractivity contribution in [1.29, 1.82) is 0 Å². The van der Waals surface area contributed by atoms with E-state index in [9.17, 15) is 4.79 Å². The van der Waals surface area contributed by atoms with Crippen LogP contribution >= 0.6 is 23.4 Å². The first-order valence-corrected chi connectivity index (χ1v) is 8.95. The van der Waals surface area contributed by atoms with Crippen LogP contribution in [0.5, 0.6) is 0 Å². The van der Waals surface area contributed by atoms with Crippen molar-refractivity contribution in [2.24, 2.45) is 7.05 Å². The molecule has 1 aromatic heterocycles. The summed E-state index contributed by atoms with van der Waals surface area (Å²) >= 11 is 7.27. The molecule has 0 spiro atoms. The molecule has 0 bridgehead atoms. The number of carbonyl (C=O) groups excluding carboxylic acids is 1. The Bertz CT molecular complexity index is 838. The molecule has 0 aliphatic heterocycles. The summed E-state index contributed by atoms with van der Waals surface area (Å²) in [5.74, 6) is 0.127. The predicted molar refractivity (Wildman–Crippen MR) is 97.4 cm³/mol. The van der Waals surface area contributed by atoms with Crippen LogP contribution in [0.25, 0.3) is 0 Å². The number of rotatable bonds is 6. The van der Waals surface area contributed by atoms with E-state index in [0.29, 0.717) is 10.2 Å². The van der Waals surface area contributed by atoms with E-state index in [1.807, 2.05) is 54.6 Å². The van der Waals surface area contributed by atoms with Crippen molar-refractivity contribution in [3.8, 4) is 0 Å². The lowest BCUT2D eigenvalue weighted by Gasteiger charge is -2.20. The van der Waals surface area contributed by atoms with Crippen molar-refractivity contribution in [3.63, 3.8) is 0 Å². The zero-order chi connectivity index (χ0) is 17.6. The molecule has 128 valence electrons. The lowest BCUT2D eigenvalue weighted by molar-refractivity contribution is -0.119. The topological polar surface area (TPSA) is 72.7 Å². The van der Waals surface area contributed by atoms with Gasteiger partial charge in [-0.3, -0.25) is 4.79 Å². The molecule has 0 radical (unpaired) electrons. The van der Waals surface area contributed by atoms with Crippen LogP contribution in [0.3, 0.4) is 0 Å². The monoisotopic (exact) mass is 373 g/mol. The smallest absolute Gasteiger partial charge is 0.231 e. The number of amides is 1. The van der Waals surface area contributed by atoms with E-state index in [1.54, 1.807) is 7.05 Å². The first kappa shape index (κ1) is 17.4. The number of carbonyl (C=O) groups is 1. The highest BCUT2D eigenvalue weighted by Crippen LogP contribution is 2.24. The maximum atomic E-state index is 12.4. The van der Waals surface area contributed by atoms with Crippen molar-refractivity contribution in [2.45, 2.75) is 11.2 Å². The molecule has 8 heteroatoms. The third-order valence-electron chi connectivity index (χ3n) is 3.56. The first-order chi connectivity index (χ1) is 12.1. The Morgan fingerprint density at radius 2 is 1.84 bits per heavy atom. The molecule has 2 aromatic carbocycles. The molecule has 0 saturated heterocycles. The fourth-order valence-corrected chi connectivity index (χ4v) is 3.12. The summed E-state index contributed by atoms with van der Waals surface area (Å²) in [7, 11) is 1.74. The van der Waals surface area contributed by atoms with Gasteiger partial charge in [-0.25, -0.2) is 4.68 Å². The highest BCUT2D eigenvalue weighted by atomic mass is 35.5. The minimum absolute atomic E-state index is 0.100. The summed E-state index contributed by atoms with van der Waals surface area (Å²) < 4.78 is 1.53. The van der Waals surface area contributed by atoms with Crippen LogP contribution in [0.15, 0.2) is 59.8 Å². The van der Waals surface area contributed by atoms with E-state index >= 15 is 0 Å². The maximum Gasteiger partial charge on any atom is 0.231 e. The number of hydrogen-bond acceptors (Lipinski definition) is 5.